The van der Waals surface area contributed by atoms with E-state index in [9.17, 15) is 29.1 Å². The fraction of sp³-hybridized carbons (Fsp3) is 0.774. The molecule has 12 heteroatoms. The van der Waals surface area contributed by atoms with Crippen molar-refractivity contribution in [3.63, 3.8) is 0 Å². The number of rotatable bonds is 11. The maximum Gasteiger partial charge on any atom is 0.331 e. The molecule has 0 amide bonds. The molecule has 0 saturated heterocycles. The smallest absolute Gasteiger partial charge is 0.331 e. The van der Waals surface area contributed by atoms with Gasteiger partial charge in [-0.2, -0.15) is 0 Å². The first kappa shape index (κ1) is 34.8. The quantitative estimate of drug-likeness (QED) is 0.203. The lowest BCUT2D eigenvalue weighted by Gasteiger charge is -2.67. The Kier molecular flexibility index (Phi) is 11.0. The van der Waals surface area contributed by atoms with E-state index in [1.165, 1.54) is 26.8 Å². The Morgan fingerprint density at radius 3 is 2.33 bits per heavy atom. The van der Waals surface area contributed by atoms with E-state index in [1.54, 1.807) is 6.92 Å². The summed E-state index contributed by atoms with van der Waals surface area (Å²) >= 11 is 6.53. The molecule has 3 rings (SSSR count). The standard InChI is InChI=1S/C31H45ClO11/c1-8-17(2)28(37)43-23-9-10-30(38,15-32)31(16-40-19(4)33)25(42-21(6)35)11-18(3)29(7,27(23)31)13-24(41-20(5)34)22-12-26(36)39-14-22/h12,17-18,23-25,27,38H,8-11,13-16H2,1-7H3/t17-,18+,23+,24-,25-,27+,29-,30-,31-/m0/s1. The molecular formula is C31H45ClO11. The first-order chi connectivity index (χ1) is 20.0. The highest BCUT2D eigenvalue weighted by Gasteiger charge is 2.73. The summed E-state index contributed by atoms with van der Waals surface area (Å²) in [6.45, 7) is 10.9. The molecule has 2 saturated carbocycles. The fourth-order valence-electron chi connectivity index (χ4n) is 7.42. The first-order valence-electron chi connectivity index (χ1n) is 14.9. The molecule has 0 aromatic rings. The fourth-order valence-corrected chi connectivity index (χ4v) is 7.80. The molecule has 0 unspecified atom stereocenters. The van der Waals surface area contributed by atoms with Gasteiger partial charge in [0, 0.05) is 38.3 Å². The molecule has 9 atom stereocenters. The van der Waals surface area contributed by atoms with Gasteiger partial charge in [-0.1, -0.05) is 27.7 Å². The Balaban J connectivity index is 2.30. The second-order valence-corrected chi connectivity index (χ2v) is 12.9. The van der Waals surface area contributed by atoms with Crippen molar-refractivity contribution in [3.8, 4) is 0 Å². The second-order valence-electron chi connectivity index (χ2n) is 12.7. The van der Waals surface area contributed by atoms with Crippen LogP contribution in [0, 0.1) is 28.6 Å². The average Bonchev–Trinajstić information content (AvgIpc) is 3.36. The SMILES string of the molecule is CC[C@H](C)C(=O)O[C@@H]1CC[C@](O)(CCl)[C@@]2(COC(C)=O)[C@@H](OC(C)=O)C[C@@H](C)[C@](C)(C[C@H](OC(C)=O)C3=CC(=O)OC3)[C@@H]12. The van der Waals surface area contributed by atoms with Gasteiger partial charge in [-0.3, -0.25) is 19.2 Å². The van der Waals surface area contributed by atoms with E-state index in [0.29, 0.717) is 12.0 Å². The molecule has 11 nitrogen and oxygen atoms in total. The number of hydrogen-bond donors (Lipinski definition) is 1. The van der Waals surface area contributed by atoms with E-state index in [2.05, 4.69) is 0 Å². The molecule has 1 heterocycles. The molecule has 3 aliphatic rings. The van der Waals surface area contributed by atoms with Gasteiger partial charge in [0.05, 0.1) is 22.8 Å². The molecule has 2 aliphatic carbocycles. The van der Waals surface area contributed by atoms with Crippen LogP contribution in [0.2, 0.25) is 0 Å². The Morgan fingerprint density at radius 2 is 1.81 bits per heavy atom. The van der Waals surface area contributed by atoms with E-state index in [-0.39, 0.29) is 50.7 Å². The lowest BCUT2D eigenvalue weighted by molar-refractivity contribution is -0.294. The minimum Gasteiger partial charge on any atom is -0.465 e. The van der Waals surface area contributed by atoms with Crippen LogP contribution in [0.3, 0.4) is 0 Å². The van der Waals surface area contributed by atoms with E-state index < -0.39 is 76.4 Å². The molecule has 1 N–H and O–H groups in total. The summed E-state index contributed by atoms with van der Waals surface area (Å²) in [6, 6.07) is 0. The van der Waals surface area contributed by atoms with Crippen molar-refractivity contribution in [2.75, 3.05) is 19.1 Å². The molecule has 0 radical (unpaired) electrons. The highest BCUT2D eigenvalue weighted by atomic mass is 35.5. The van der Waals surface area contributed by atoms with E-state index in [0.717, 1.165) is 0 Å². The summed E-state index contributed by atoms with van der Waals surface area (Å²) in [5, 5.41) is 12.4. The monoisotopic (exact) mass is 628 g/mol. The van der Waals surface area contributed by atoms with Crippen molar-refractivity contribution in [1.82, 2.24) is 0 Å². The minimum absolute atomic E-state index is 0.0569. The van der Waals surface area contributed by atoms with Crippen LogP contribution >= 0.6 is 11.6 Å². The van der Waals surface area contributed by atoms with E-state index in [1.807, 2.05) is 20.8 Å². The summed E-state index contributed by atoms with van der Waals surface area (Å²) in [4.78, 5) is 62.3. The van der Waals surface area contributed by atoms with Gasteiger partial charge in [0.25, 0.3) is 0 Å². The van der Waals surface area contributed by atoms with Gasteiger partial charge in [-0.25, -0.2) is 4.79 Å². The van der Waals surface area contributed by atoms with Gasteiger partial charge in [-0.15, -0.1) is 11.6 Å². The molecule has 0 aromatic heterocycles. The zero-order valence-corrected chi connectivity index (χ0v) is 26.9. The molecule has 242 valence electrons. The topological polar surface area (TPSA) is 152 Å². The van der Waals surface area contributed by atoms with Crippen molar-refractivity contribution in [1.29, 1.82) is 0 Å². The Bertz CT molecular complexity index is 1140. The molecule has 0 aromatic carbocycles. The number of hydrogen-bond acceptors (Lipinski definition) is 11. The van der Waals surface area contributed by atoms with Crippen LogP contribution in [-0.2, 0) is 47.7 Å². The van der Waals surface area contributed by atoms with Crippen molar-refractivity contribution in [2.45, 2.75) is 104 Å². The highest BCUT2D eigenvalue weighted by Crippen LogP contribution is 2.66. The summed E-state index contributed by atoms with van der Waals surface area (Å²) in [5.74, 6) is -4.51. The lowest BCUT2D eigenvalue weighted by Crippen LogP contribution is -2.74. The third-order valence-electron chi connectivity index (χ3n) is 9.97. The number of esters is 5. The Labute approximate surface area is 257 Å². The van der Waals surface area contributed by atoms with Crippen molar-refractivity contribution in [2.24, 2.45) is 28.6 Å². The summed E-state index contributed by atoms with van der Waals surface area (Å²) < 4.78 is 28.6. The van der Waals surface area contributed by atoms with Gasteiger partial charge in [0.2, 0.25) is 0 Å². The van der Waals surface area contributed by atoms with Crippen LogP contribution in [0.5, 0.6) is 0 Å². The number of alkyl halides is 1. The van der Waals surface area contributed by atoms with E-state index in [4.69, 9.17) is 35.3 Å². The summed E-state index contributed by atoms with van der Waals surface area (Å²) in [5.41, 5.74) is -3.66. The highest BCUT2D eigenvalue weighted by molar-refractivity contribution is 6.18. The van der Waals surface area contributed by atoms with Gasteiger partial charge in [-0.05, 0) is 43.4 Å². The maximum absolute atomic E-state index is 13.3. The van der Waals surface area contributed by atoms with Crippen molar-refractivity contribution < 1.29 is 52.8 Å². The number of aliphatic hydroxyl groups is 1. The lowest BCUT2D eigenvalue weighted by atomic mass is 9.41. The van der Waals surface area contributed by atoms with Gasteiger partial charge < -0.3 is 28.8 Å². The maximum atomic E-state index is 13.3. The summed E-state index contributed by atoms with van der Waals surface area (Å²) in [7, 11) is 0. The predicted molar refractivity (Wildman–Crippen MR) is 153 cm³/mol. The van der Waals surface area contributed by atoms with Crippen molar-refractivity contribution in [3.05, 3.63) is 11.6 Å². The third-order valence-corrected chi connectivity index (χ3v) is 10.4. The first-order valence-corrected chi connectivity index (χ1v) is 15.4. The van der Waals surface area contributed by atoms with Crippen LogP contribution in [0.1, 0.15) is 80.6 Å². The number of carbonyl (C=O) groups excluding carboxylic acids is 5. The largest absolute Gasteiger partial charge is 0.465 e. The average molecular weight is 629 g/mol. The molecule has 0 spiro atoms. The number of carbonyl (C=O) groups is 5. The van der Waals surface area contributed by atoms with Crippen LogP contribution in [0.25, 0.3) is 0 Å². The number of ether oxygens (including phenoxy) is 5. The predicted octanol–water partition coefficient (Wildman–Crippen LogP) is 3.66. The second kappa shape index (κ2) is 13.5. The molecule has 0 bridgehead atoms. The molecule has 2 fully saturated rings. The zero-order valence-electron chi connectivity index (χ0n) is 26.1. The molecule has 1 aliphatic heterocycles. The number of halogens is 1. The Morgan fingerprint density at radius 1 is 1.14 bits per heavy atom. The minimum atomic E-state index is -1.71. The summed E-state index contributed by atoms with van der Waals surface area (Å²) in [6.07, 6.45) is -0.120. The zero-order chi connectivity index (χ0) is 32.3. The van der Waals surface area contributed by atoms with Crippen molar-refractivity contribution >= 4 is 41.4 Å². The van der Waals surface area contributed by atoms with Gasteiger partial charge in [0.1, 0.15) is 31.5 Å². The molecule has 43 heavy (non-hydrogen) atoms. The van der Waals surface area contributed by atoms with Gasteiger partial charge in [0.15, 0.2) is 0 Å². The van der Waals surface area contributed by atoms with Crippen LogP contribution in [0.15, 0.2) is 11.6 Å². The number of cyclic esters (lactones) is 1. The third kappa shape index (κ3) is 6.87. The Hall–Kier alpha value is -2.66. The normalized spacial score (nSPS) is 35.0. The van der Waals surface area contributed by atoms with Crippen LogP contribution in [-0.4, -0.2) is 78.0 Å². The van der Waals surface area contributed by atoms with Crippen LogP contribution < -0.4 is 0 Å². The van der Waals surface area contributed by atoms with Crippen LogP contribution in [0.4, 0.5) is 0 Å². The van der Waals surface area contributed by atoms with E-state index >= 15 is 0 Å². The molecular weight excluding hydrogens is 584 g/mol. The number of fused-ring (bicyclic) bond motifs is 1. The van der Waals surface area contributed by atoms with Gasteiger partial charge >= 0.3 is 29.8 Å².